The normalized spacial score (nSPS) is 12.4. The number of halogens is 4. The molecule has 0 bridgehead atoms. The minimum Gasteiger partial charge on any atom is -0.494 e. The quantitative estimate of drug-likeness (QED) is 0.0436. The molecule has 13 N–H and O–H groups in total. The van der Waals surface area contributed by atoms with Crippen molar-refractivity contribution in [2.24, 2.45) is 38.7 Å². The Morgan fingerprint density at radius 2 is 1.16 bits per heavy atom. The van der Waals surface area contributed by atoms with Crippen molar-refractivity contribution in [1.29, 1.82) is 0 Å². The number of aliphatic imine (C=N–C) groups is 2. The van der Waals surface area contributed by atoms with Gasteiger partial charge in [-0.2, -0.15) is 0 Å². The summed E-state index contributed by atoms with van der Waals surface area (Å²) in [5, 5.41) is 8.59. The fraction of sp³-hybridized carbons (Fsp3) is 0.378. The molecule has 0 aliphatic rings. The SMILES string of the molecule is COc1c(Br)cc(CCNC(=O)[C@H](CCCN=C(N)N)NC(=O)[C@H](Cc2ccc(-c3cc(Br)c(OC)c(Br)c3)cc2)NC(=O)[C@@H](N)CCCN=C(N)N)cc1Br. The third-order valence-electron chi connectivity index (χ3n) is 8.42. The maximum Gasteiger partial charge on any atom is 0.243 e. The Hall–Kier alpha value is -3.91. The zero-order valence-electron chi connectivity index (χ0n) is 31.0. The van der Waals surface area contributed by atoms with Gasteiger partial charge >= 0.3 is 0 Å². The Kier molecular flexibility index (Phi) is 19.4. The van der Waals surface area contributed by atoms with Gasteiger partial charge in [-0.1, -0.05) is 24.3 Å². The molecule has 3 amide bonds. The van der Waals surface area contributed by atoms with Crippen molar-refractivity contribution in [3.8, 4) is 22.6 Å². The van der Waals surface area contributed by atoms with Gasteiger partial charge in [-0.15, -0.1) is 0 Å². The van der Waals surface area contributed by atoms with Crippen molar-refractivity contribution in [2.75, 3.05) is 33.9 Å². The van der Waals surface area contributed by atoms with E-state index in [9.17, 15) is 14.4 Å². The van der Waals surface area contributed by atoms with Crippen LogP contribution in [0.25, 0.3) is 11.1 Å². The lowest BCUT2D eigenvalue weighted by Crippen LogP contribution is -2.56. The van der Waals surface area contributed by atoms with E-state index < -0.39 is 35.8 Å². The number of nitrogens with zero attached hydrogens (tertiary/aromatic N) is 2. The van der Waals surface area contributed by atoms with Crippen LogP contribution in [0.1, 0.15) is 36.8 Å². The van der Waals surface area contributed by atoms with Crippen molar-refractivity contribution in [2.45, 2.75) is 56.7 Å². The number of carbonyl (C=O) groups excluding carboxylic acids is 3. The highest BCUT2D eigenvalue weighted by Crippen LogP contribution is 2.38. The molecule has 0 aliphatic carbocycles. The number of ether oxygens (including phenoxy) is 2. The van der Waals surface area contributed by atoms with E-state index in [4.69, 9.17) is 38.1 Å². The summed E-state index contributed by atoms with van der Waals surface area (Å²) in [7, 11) is 3.17. The van der Waals surface area contributed by atoms with Gasteiger partial charge in [-0.3, -0.25) is 24.4 Å². The fourth-order valence-electron chi connectivity index (χ4n) is 5.58. The summed E-state index contributed by atoms with van der Waals surface area (Å²) in [4.78, 5) is 48.9. The zero-order valence-corrected chi connectivity index (χ0v) is 37.4. The molecule has 15 nitrogen and oxygen atoms in total. The summed E-state index contributed by atoms with van der Waals surface area (Å²) in [6.45, 7) is 0.829. The maximum atomic E-state index is 14.0. The van der Waals surface area contributed by atoms with Gasteiger partial charge in [-0.05, 0) is 142 Å². The molecular weight excluding hydrogens is 984 g/mol. The van der Waals surface area contributed by atoms with Crippen molar-refractivity contribution < 1.29 is 23.9 Å². The first kappa shape index (κ1) is 46.5. The average Bonchev–Trinajstić information content (AvgIpc) is 3.14. The number of hydrogen-bond donors (Lipinski definition) is 8. The van der Waals surface area contributed by atoms with Crippen LogP contribution in [-0.2, 0) is 27.2 Å². The molecule has 3 rings (SSSR count). The Bertz CT molecular complexity index is 1830. The highest BCUT2D eigenvalue weighted by Gasteiger charge is 2.28. The molecule has 3 aromatic rings. The first-order valence-corrected chi connectivity index (χ1v) is 20.7. The van der Waals surface area contributed by atoms with Gasteiger partial charge in [0.2, 0.25) is 17.7 Å². The number of amides is 3. The number of nitrogens with two attached hydrogens (primary N) is 5. The summed E-state index contributed by atoms with van der Waals surface area (Å²) < 4.78 is 13.9. The Morgan fingerprint density at radius 1 is 0.661 bits per heavy atom. The third-order valence-corrected chi connectivity index (χ3v) is 10.8. The van der Waals surface area contributed by atoms with Crippen LogP contribution in [0.2, 0.25) is 0 Å². The summed E-state index contributed by atoms with van der Waals surface area (Å²) in [5.74, 6) is -0.319. The number of guanidine groups is 2. The van der Waals surface area contributed by atoms with E-state index in [-0.39, 0.29) is 44.3 Å². The van der Waals surface area contributed by atoms with Gasteiger partial charge in [0.1, 0.15) is 23.6 Å². The molecule has 0 saturated carbocycles. The van der Waals surface area contributed by atoms with E-state index in [1.807, 2.05) is 48.5 Å². The van der Waals surface area contributed by atoms with E-state index in [1.165, 1.54) is 0 Å². The minimum absolute atomic E-state index is 0.0585. The van der Waals surface area contributed by atoms with Crippen LogP contribution in [-0.4, -0.2) is 81.6 Å². The molecule has 0 fully saturated rings. The van der Waals surface area contributed by atoms with Crippen LogP contribution < -0.4 is 54.1 Å². The second-order valence-corrected chi connectivity index (χ2v) is 16.1. The second-order valence-electron chi connectivity index (χ2n) is 12.6. The standard InChI is InChI=1S/C37H48Br4N10O5/c1-55-31-24(38)15-21(16-25(31)39)11-14-47-34(53)29(6-4-13-49-37(45)46)50-35(54)30(51-33(52)28(42)5-3-12-48-36(43)44)17-20-7-9-22(10-8-20)23-18-26(40)32(56-2)27(41)19-23/h7-10,15-16,18-19,28-30H,3-6,11-14,17,42H2,1-2H3,(H,47,53)(H,50,54)(H,51,52)(H4,43,44,48)(H4,45,46,49)/t28-,29-,30-/m0/s1. The van der Waals surface area contributed by atoms with Gasteiger partial charge in [0.15, 0.2) is 11.9 Å². The average molecular weight is 1030 g/mol. The number of methoxy groups -OCH3 is 2. The van der Waals surface area contributed by atoms with Gasteiger partial charge in [0, 0.05) is 26.1 Å². The number of carbonyl (C=O) groups is 3. The van der Waals surface area contributed by atoms with Crippen molar-refractivity contribution >= 4 is 93.4 Å². The smallest absolute Gasteiger partial charge is 0.243 e. The summed E-state index contributed by atoms with van der Waals surface area (Å²) in [5.41, 5.74) is 31.6. The molecule has 56 heavy (non-hydrogen) atoms. The van der Waals surface area contributed by atoms with Crippen molar-refractivity contribution in [1.82, 2.24) is 16.0 Å². The molecule has 0 unspecified atom stereocenters. The Morgan fingerprint density at radius 3 is 1.68 bits per heavy atom. The third kappa shape index (κ3) is 14.9. The molecule has 3 aromatic carbocycles. The first-order chi connectivity index (χ1) is 26.6. The van der Waals surface area contributed by atoms with Crippen LogP contribution >= 0.6 is 63.7 Å². The Labute approximate surface area is 360 Å². The number of benzene rings is 3. The van der Waals surface area contributed by atoms with Crippen molar-refractivity contribution in [3.05, 3.63) is 77.5 Å². The lowest BCUT2D eigenvalue weighted by molar-refractivity contribution is -0.132. The van der Waals surface area contributed by atoms with Gasteiger partial charge in [0.25, 0.3) is 0 Å². The highest BCUT2D eigenvalue weighted by atomic mass is 79.9. The molecule has 0 aromatic heterocycles. The Balaban J connectivity index is 1.83. The van der Waals surface area contributed by atoms with Gasteiger partial charge < -0.3 is 54.1 Å². The molecule has 0 radical (unpaired) electrons. The van der Waals surface area contributed by atoms with E-state index in [0.717, 1.165) is 40.1 Å². The fourth-order valence-corrected chi connectivity index (χ4v) is 8.69. The predicted molar refractivity (Wildman–Crippen MR) is 234 cm³/mol. The molecule has 0 saturated heterocycles. The topological polar surface area (TPSA) is 261 Å². The van der Waals surface area contributed by atoms with Crippen LogP contribution in [0.3, 0.4) is 0 Å². The van der Waals surface area contributed by atoms with E-state index in [0.29, 0.717) is 37.3 Å². The van der Waals surface area contributed by atoms with Crippen LogP contribution in [0, 0.1) is 0 Å². The lowest BCUT2D eigenvalue weighted by atomic mass is 9.99. The van der Waals surface area contributed by atoms with Crippen LogP contribution in [0.15, 0.2) is 76.4 Å². The van der Waals surface area contributed by atoms with Gasteiger partial charge in [-0.25, -0.2) is 0 Å². The highest BCUT2D eigenvalue weighted by molar-refractivity contribution is 9.11. The summed E-state index contributed by atoms with van der Waals surface area (Å²) >= 11 is 14.1. The van der Waals surface area contributed by atoms with E-state index in [1.54, 1.807) is 14.2 Å². The van der Waals surface area contributed by atoms with Gasteiger partial charge in [0.05, 0.1) is 38.2 Å². The number of nitrogens with one attached hydrogen (secondary N) is 3. The molecular formula is C37H48Br4N10O5. The number of rotatable bonds is 21. The molecule has 3 atom stereocenters. The molecule has 304 valence electrons. The minimum atomic E-state index is -1.08. The van der Waals surface area contributed by atoms with Crippen LogP contribution in [0.5, 0.6) is 11.5 Å². The summed E-state index contributed by atoms with van der Waals surface area (Å²) in [6, 6.07) is 12.3. The predicted octanol–water partition coefficient (Wildman–Crippen LogP) is 3.73. The van der Waals surface area contributed by atoms with Crippen molar-refractivity contribution in [3.63, 3.8) is 0 Å². The zero-order chi connectivity index (χ0) is 41.4. The first-order valence-electron chi connectivity index (χ1n) is 17.5. The summed E-state index contributed by atoms with van der Waals surface area (Å²) in [6.07, 6.45) is 1.95. The van der Waals surface area contributed by atoms with E-state index >= 15 is 0 Å². The monoisotopic (exact) mass is 1030 g/mol. The maximum absolute atomic E-state index is 14.0. The number of hydrogen-bond acceptors (Lipinski definition) is 8. The van der Waals surface area contributed by atoms with Crippen LogP contribution in [0.4, 0.5) is 0 Å². The molecule has 19 heteroatoms. The molecule has 0 heterocycles. The largest absolute Gasteiger partial charge is 0.494 e. The van der Waals surface area contributed by atoms with E-state index in [2.05, 4.69) is 89.7 Å². The second kappa shape index (κ2) is 23.4. The lowest BCUT2D eigenvalue weighted by Gasteiger charge is -2.24. The molecule has 0 aliphatic heterocycles. The molecule has 0 spiro atoms.